The molecule has 20 heavy (non-hydrogen) atoms. The monoisotopic (exact) mass is 286 g/mol. The van der Waals surface area contributed by atoms with Gasteiger partial charge in [0.2, 0.25) is 0 Å². The van der Waals surface area contributed by atoms with E-state index in [-0.39, 0.29) is 0 Å². The maximum Gasteiger partial charge on any atom is 0.0594 e. The highest BCUT2D eigenvalue weighted by atomic mass is 16.5. The van der Waals surface area contributed by atoms with Crippen LogP contribution in [0, 0.1) is 0 Å². The normalized spacial score (nSPS) is 32.4. The standard InChI is InChI=1S/C14H30N4O2/c1-2-16-4-6-18-9-13-19-11-7-17(5-3-15-1)8-12-20-14-10-18/h15-16H,1-14H2. The van der Waals surface area contributed by atoms with Crippen LogP contribution in [0.2, 0.25) is 0 Å². The average molecular weight is 286 g/mol. The van der Waals surface area contributed by atoms with Crippen LogP contribution in [-0.2, 0) is 9.47 Å². The van der Waals surface area contributed by atoms with Gasteiger partial charge in [-0.25, -0.2) is 0 Å². The highest BCUT2D eigenvalue weighted by Crippen LogP contribution is 1.95. The maximum absolute atomic E-state index is 5.78. The molecule has 2 N–H and O–H groups in total. The Morgan fingerprint density at radius 1 is 0.500 bits per heavy atom. The topological polar surface area (TPSA) is 49.0 Å². The largest absolute Gasteiger partial charge is 0.379 e. The Hall–Kier alpha value is -0.240. The lowest BCUT2D eigenvalue weighted by molar-refractivity contribution is 0.0389. The lowest BCUT2D eigenvalue weighted by atomic mass is 10.4. The van der Waals surface area contributed by atoms with Crippen molar-refractivity contribution in [2.24, 2.45) is 0 Å². The third kappa shape index (κ3) is 6.97. The van der Waals surface area contributed by atoms with E-state index in [9.17, 15) is 0 Å². The van der Waals surface area contributed by atoms with Crippen molar-refractivity contribution in [1.82, 2.24) is 20.4 Å². The summed E-state index contributed by atoms with van der Waals surface area (Å²) < 4.78 is 11.6. The van der Waals surface area contributed by atoms with Crippen LogP contribution in [0.1, 0.15) is 0 Å². The van der Waals surface area contributed by atoms with E-state index in [1.54, 1.807) is 0 Å². The Bertz CT molecular complexity index is 202. The van der Waals surface area contributed by atoms with Crippen LogP contribution in [0.4, 0.5) is 0 Å². The molecule has 3 saturated heterocycles. The molecular formula is C14H30N4O2. The van der Waals surface area contributed by atoms with Crippen LogP contribution in [0.5, 0.6) is 0 Å². The highest BCUT2D eigenvalue weighted by Gasteiger charge is 2.09. The molecule has 6 heteroatoms. The summed E-state index contributed by atoms with van der Waals surface area (Å²) in [5, 5.41) is 6.98. The summed E-state index contributed by atoms with van der Waals surface area (Å²) in [5.74, 6) is 0. The predicted molar refractivity (Wildman–Crippen MR) is 80.3 cm³/mol. The lowest BCUT2D eigenvalue weighted by Crippen LogP contribution is -2.39. The van der Waals surface area contributed by atoms with Gasteiger partial charge < -0.3 is 20.1 Å². The first-order valence-corrected chi connectivity index (χ1v) is 7.97. The molecule has 3 fully saturated rings. The van der Waals surface area contributed by atoms with E-state index in [0.717, 1.165) is 91.9 Å². The molecule has 0 aromatic heterocycles. The van der Waals surface area contributed by atoms with Gasteiger partial charge in [0.1, 0.15) is 0 Å². The smallest absolute Gasteiger partial charge is 0.0594 e. The van der Waals surface area contributed by atoms with Crippen molar-refractivity contribution >= 4 is 0 Å². The van der Waals surface area contributed by atoms with E-state index >= 15 is 0 Å². The molecule has 6 nitrogen and oxygen atoms in total. The number of nitrogens with one attached hydrogen (secondary N) is 2. The first kappa shape index (κ1) is 16.1. The summed E-state index contributed by atoms with van der Waals surface area (Å²) in [4.78, 5) is 4.86. The van der Waals surface area contributed by atoms with E-state index in [0.29, 0.717) is 0 Å². The summed E-state index contributed by atoms with van der Waals surface area (Å²) in [7, 11) is 0. The molecule has 0 aromatic carbocycles. The van der Waals surface area contributed by atoms with Gasteiger partial charge in [-0.05, 0) is 0 Å². The minimum Gasteiger partial charge on any atom is -0.379 e. The molecule has 0 aliphatic carbocycles. The molecular weight excluding hydrogens is 256 g/mol. The predicted octanol–water partition coefficient (Wildman–Crippen LogP) is -1.17. The van der Waals surface area contributed by atoms with Gasteiger partial charge in [0.15, 0.2) is 0 Å². The van der Waals surface area contributed by atoms with Crippen LogP contribution < -0.4 is 10.6 Å². The van der Waals surface area contributed by atoms with Crippen molar-refractivity contribution in [2.45, 2.75) is 0 Å². The third-order valence-corrected chi connectivity index (χ3v) is 3.90. The molecule has 0 aromatic rings. The second-order valence-electron chi connectivity index (χ2n) is 5.41. The summed E-state index contributed by atoms with van der Waals surface area (Å²) in [6, 6.07) is 0. The fourth-order valence-corrected chi connectivity index (χ4v) is 2.55. The molecule has 0 atom stereocenters. The molecule has 0 spiro atoms. The zero-order valence-corrected chi connectivity index (χ0v) is 12.6. The quantitative estimate of drug-likeness (QED) is 0.585. The van der Waals surface area contributed by atoms with E-state index in [1.165, 1.54) is 0 Å². The van der Waals surface area contributed by atoms with Crippen molar-refractivity contribution < 1.29 is 9.47 Å². The van der Waals surface area contributed by atoms with Gasteiger partial charge in [0.05, 0.1) is 26.4 Å². The zero-order chi connectivity index (χ0) is 13.9. The minimum absolute atomic E-state index is 0.825. The number of fused-ring (bicyclic) bond motifs is 15. The van der Waals surface area contributed by atoms with Gasteiger partial charge in [-0.2, -0.15) is 0 Å². The Morgan fingerprint density at radius 2 is 0.900 bits per heavy atom. The highest BCUT2D eigenvalue weighted by molar-refractivity contribution is 4.65. The van der Waals surface area contributed by atoms with Gasteiger partial charge in [-0.1, -0.05) is 0 Å². The molecule has 0 saturated carbocycles. The van der Waals surface area contributed by atoms with Gasteiger partial charge in [-0.15, -0.1) is 0 Å². The Morgan fingerprint density at radius 3 is 1.30 bits per heavy atom. The maximum atomic E-state index is 5.78. The Labute approximate surface area is 122 Å². The minimum atomic E-state index is 0.825. The molecule has 0 radical (unpaired) electrons. The second-order valence-corrected chi connectivity index (χ2v) is 5.41. The number of hydrogen-bond acceptors (Lipinski definition) is 6. The van der Waals surface area contributed by atoms with Crippen molar-refractivity contribution in [3.63, 3.8) is 0 Å². The van der Waals surface area contributed by atoms with E-state index in [4.69, 9.17) is 9.47 Å². The van der Waals surface area contributed by atoms with Crippen molar-refractivity contribution in [3.8, 4) is 0 Å². The number of ether oxygens (including phenoxy) is 2. The Balaban J connectivity index is 1.88. The number of hydrogen-bond donors (Lipinski definition) is 2. The first-order chi connectivity index (χ1) is 9.95. The van der Waals surface area contributed by atoms with Gasteiger partial charge in [-0.3, -0.25) is 9.80 Å². The SMILES string of the molecule is C1CNCCN2CCOCCN(CCN1)CCOCC2. The zero-order valence-electron chi connectivity index (χ0n) is 12.6. The fraction of sp³-hybridized carbons (Fsp3) is 1.00. The third-order valence-electron chi connectivity index (χ3n) is 3.90. The molecule has 0 unspecified atom stereocenters. The van der Waals surface area contributed by atoms with E-state index in [1.807, 2.05) is 0 Å². The first-order valence-electron chi connectivity index (χ1n) is 7.97. The molecule has 2 bridgehead atoms. The van der Waals surface area contributed by atoms with E-state index in [2.05, 4.69) is 20.4 Å². The van der Waals surface area contributed by atoms with E-state index < -0.39 is 0 Å². The number of rotatable bonds is 0. The molecule has 118 valence electrons. The van der Waals surface area contributed by atoms with Crippen molar-refractivity contribution in [1.29, 1.82) is 0 Å². The summed E-state index contributed by atoms with van der Waals surface area (Å²) in [6.45, 7) is 13.6. The van der Waals surface area contributed by atoms with Crippen LogP contribution in [0.25, 0.3) is 0 Å². The molecule has 3 aliphatic rings. The Kier molecular flexibility index (Phi) is 8.46. The van der Waals surface area contributed by atoms with Gasteiger partial charge in [0.25, 0.3) is 0 Å². The van der Waals surface area contributed by atoms with Crippen molar-refractivity contribution in [3.05, 3.63) is 0 Å². The van der Waals surface area contributed by atoms with Crippen LogP contribution in [0.15, 0.2) is 0 Å². The average Bonchev–Trinajstić information content (AvgIpc) is 2.46. The summed E-state index contributed by atoms with van der Waals surface area (Å²) >= 11 is 0. The molecule has 3 heterocycles. The fourth-order valence-electron chi connectivity index (χ4n) is 2.55. The summed E-state index contributed by atoms with van der Waals surface area (Å²) in [6.07, 6.45) is 0. The molecule has 3 aliphatic heterocycles. The van der Waals surface area contributed by atoms with Crippen molar-refractivity contribution in [2.75, 3.05) is 91.9 Å². The summed E-state index contributed by atoms with van der Waals surface area (Å²) in [5.41, 5.74) is 0. The van der Waals surface area contributed by atoms with Crippen LogP contribution >= 0.6 is 0 Å². The molecule has 3 rings (SSSR count). The lowest BCUT2D eigenvalue weighted by Gasteiger charge is -2.25. The van der Waals surface area contributed by atoms with Gasteiger partial charge >= 0.3 is 0 Å². The van der Waals surface area contributed by atoms with Crippen LogP contribution in [0.3, 0.4) is 0 Å². The van der Waals surface area contributed by atoms with Gasteiger partial charge in [0, 0.05) is 65.4 Å². The number of nitrogens with zero attached hydrogens (tertiary/aromatic N) is 2. The van der Waals surface area contributed by atoms with Crippen LogP contribution in [-0.4, -0.2) is 102 Å². The second kappa shape index (κ2) is 10.5. The molecule has 0 amide bonds.